The smallest absolute Gasteiger partial charge is 0.261 e. The number of hydrogen-bond acceptors (Lipinski definition) is 7. The second-order valence-electron chi connectivity index (χ2n) is 6.21. The number of hydrogen-bond donors (Lipinski definition) is 3. The molecular weight excluding hydrogens is 362 g/mol. The molecule has 1 aromatic heterocycles. The molecule has 0 atom stereocenters. The minimum absolute atomic E-state index is 0.0449. The number of aliphatic hydroxyl groups is 2. The Morgan fingerprint density at radius 1 is 1.04 bits per heavy atom. The molecule has 0 saturated heterocycles. The van der Waals surface area contributed by atoms with Crippen LogP contribution in [-0.4, -0.2) is 46.3 Å². The number of benzene rings is 2. The predicted octanol–water partition coefficient (Wildman–Crippen LogP) is 1.96. The van der Waals surface area contributed by atoms with Crippen molar-refractivity contribution in [1.82, 2.24) is 4.90 Å². The van der Waals surface area contributed by atoms with Gasteiger partial charge in [-0.15, -0.1) is 0 Å². The van der Waals surface area contributed by atoms with E-state index in [2.05, 4.69) is 10.5 Å². The molecule has 2 heterocycles. The van der Waals surface area contributed by atoms with Gasteiger partial charge in [-0.2, -0.15) is 5.10 Å². The van der Waals surface area contributed by atoms with Gasteiger partial charge in [-0.1, -0.05) is 12.1 Å². The van der Waals surface area contributed by atoms with Crippen LogP contribution in [0.3, 0.4) is 0 Å². The van der Waals surface area contributed by atoms with Crippen LogP contribution in [0.2, 0.25) is 0 Å². The van der Waals surface area contributed by atoms with Crippen LogP contribution >= 0.6 is 0 Å². The predicted molar refractivity (Wildman–Crippen MR) is 102 cm³/mol. The summed E-state index contributed by atoms with van der Waals surface area (Å²) in [6, 6.07) is 11.9. The van der Waals surface area contributed by atoms with Crippen molar-refractivity contribution in [3.05, 3.63) is 65.1 Å². The van der Waals surface area contributed by atoms with Crippen molar-refractivity contribution in [2.75, 3.05) is 18.6 Å². The normalized spacial score (nSPS) is 13.7. The van der Waals surface area contributed by atoms with E-state index >= 15 is 0 Å². The van der Waals surface area contributed by atoms with Gasteiger partial charge < -0.3 is 14.6 Å². The lowest BCUT2D eigenvalue weighted by Crippen LogP contribution is -2.41. The van der Waals surface area contributed by atoms with E-state index in [-0.39, 0.29) is 19.8 Å². The highest BCUT2D eigenvalue weighted by atomic mass is 16.4. The fraction of sp³-hybridized carbons (Fsp3) is 0.150. The summed E-state index contributed by atoms with van der Waals surface area (Å²) >= 11 is 0. The molecule has 2 amide bonds. The average Bonchev–Trinajstić information content (AvgIpc) is 3.18. The highest BCUT2D eigenvalue weighted by Gasteiger charge is 2.32. The number of carbonyl (C=O) groups excluding carboxylic acids is 2. The van der Waals surface area contributed by atoms with Crippen molar-refractivity contribution in [2.24, 2.45) is 5.10 Å². The molecule has 3 N–H and O–H groups in total. The zero-order valence-electron chi connectivity index (χ0n) is 14.8. The van der Waals surface area contributed by atoms with E-state index in [4.69, 9.17) is 14.6 Å². The third kappa shape index (κ3) is 2.94. The van der Waals surface area contributed by atoms with Gasteiger partial charge in [0.05, 0.1) is 25.1 Å². The van der Waals surface area contributed by atoms with Crippen molar-refractivity contribution in [3.8, 4) is 0 Å². The molecule has 0 unspecified atom stereocenters. The fourth-order valence-corrected chi connectivity index (χ4v) is 3.26. The van der Waals surface area contributed by atoms with Gasteiger partial charge in [0, 0.05) is 21.9 Å². The van der Waals surface area contributed by atoms with Gasteiger partial charge in [0.25, 0.3) is 11.8 Å². The van der Waals surface area contributed by atoms with Crippen LogP contribution in [0.5, 0.6) is 0 Å². The van der Waals surface area contributed by atoms with E-state index in [1.807, 2.05) is 0 Å². The summed E-state index contributed by atoms with van der Waals surface area (Å²) < 4.78 is 5.33. The maximum absolute atomic E-state index is 12.7. The van der Waals surface area contributed by atoms with Crippen LogP contribution in [0, 0.1) is 0 Å². The molecule has 142 valence electrons. The molecule has 0 saturated carbocycles. The lowest BCUT2D eigenvalue weighted by atomic mass is 9.93. The number of carbonyl (C=O) groups is 2. The number of aliphatic hydroxyl groups excluding tert-OH is 2. The first-order valence-corrected chi connectivity index (χ1v) is 8.65. The van der Waals surface area contributed by atoms with Crippen LogP contribution in [-0.2, 0) is 6.61 Å². The largest absolute Gasteiger partial charge is 0.458 e. The number of furan rings is 1. The van der Waals surface area contributed by atoms with Gasteiger partial charge in [0.1, 0.15) is 18.1 Å². The second-order valence-corrected chi connectivity index (χ2v) is 6.21. The van der Waals surface area contributed by atoms with Gasteiger partial charge in [0.2, 0.25) is 0 Å². The number of nitrogens with one attached hydrogen (secondary N) is 1. The second kappa shape index (κ2) is 7.26. The molecule has 8 heteroatoms. The zero-order valence-corrected chi connectivity index (χ0v) is 14.8. The first-order valence-electron chi connectivity index (χ1n) is 8.65. The van der Waals surface area contributed by atoms with Crippen LogP contribution in [0.1, 0.15) is 32.2 Å². The number of amides is 2. The summed E-state index contributed by atoms with van der Waals surface area (Å²) in [5.41, 5.74) is 4.35. The molecule has 0 spiro atoms. The Bertz CT molecular complexity index is 1080. The average molecular weight is 379 g/mol. The van der Waals surface area contributed by atoms with E-state index in [9.17, 15) is 9.59 Å². The maximum Gasteiger partial charge on any atom is 0.261 e. The number of nitrogens with zero attached hydrogens (tertiary/aromatic N) is 2. The number of rotatable bonds is 6. The zero-order chi connectivity index (χ0) is 19.7. The van der Waals surface area contributed by atoms with Crippen LogP contribution < -0.4 is 5.43 Å². The Morgan fingerprint density at radius 3 is 2.54 bits per heavy atom. The summed E-state index contributed by atoms with van der Waals surface area (Å²) in [7, 11) is 0. The third-order valence-electron chi connectivity index (χ3n) is 4.53. The first kappa shape index (κ1) is 17.9. The van der Waals surface area contributed by atoms with Crippen LogP contribution in [0.4, 0.5) is 5.69 Å². The molecule has 0 fully saturated rings. The summed E-state index contributed by atoms with van der Waals surface area (Å²) in [5.74, 6) is 0.0617. The first-order chi connectivity index (χ1) is 13.6. The van der Waals surface area contributed by atoms with Crippen molar-refractivity contribution in [1.29, 1.82) is 0 Å². The Balaban J connectivity index is 1.70. The van der Waals surface area contributed by atoms with Crippen LogP contribution in [0.15, 0.2) is 52.0 Å². The molecule has 1 aliphatic heterocycles. The molecule has 8 nitrogen and oxygen atoms in total. The van der Waals surface area contributed by atoms with Gasteiger partial charge in [-0.05, 0) is 30.3 Å². The van der Waals surface area contributed by atoms with Crippen molar-refractivity contribution in [3.63, 3.8) is 0 Å². The fourth-order valence-electron chi connectivity index (χ4n) is 3.26. The van der Waals surface area contributed by atoms with E-state index in [0.29, 0.717) is 39.1 Å². The SMILES string of the molecule is O=C1c2cccc3c(N/N=C/c4ccc(CO)o4)ccc(c23)C(=O)N1CCO. The Labute approximate surface area is 159 Å². The molecule has 0 radical (unpaired) electrons. The van der Waals surface area contributed by atoms with Gasteiger partial charge >= 0.3 is 0 Å². The minimum atomic E-state index is -0.426. The quantitative estimate of drug-likeness (QED) is 0.343. The molecule has 0 bridgehead atoms. The van der Waals surface area contributed by atoms with E-state index < -0.39 is 11.8 Å². The number of imide groups is 1. The molecule has 28 heavy (non-hydrogen) atoms. The van der Waals surface area contributed by atoms with Crippen molar-refractivity contribution in [2.45, 2.75) is 6.61 Å². The molecule has 4 rings (SSSR count). The summed E-state index contributed by atoms with van der Waals surface area (Å²) in [6.07, 6.45) is 1.47. The highest BCUT2D eigenvalue weighted by molar-refractivity contribution is 6.26. The molecule has 0 aliphatic carbocycles. The van der Waals surface area contributed by atoms with E-state index in [1.54, 1.807) is 42.5 Å². The standard InChI is InChI=1S/C20H17N3O5/c24-9-8-23-19(26)15-3-1-2-14-17(7-6-16(18(14)15)20(23)27)22-21-10-12-4-5-13(11-25)28-12/h1-7,10,22,24-25H,8-9,11H2/b21-10+. The lowest BCUT2D eigenvalue weighted by molar-refractivity contribution is 0.0580. The summed E-state index contributed by atoms with van der Waals surface area (Å²) in [5, 5.41) is 23.6. The molecule has 2 aromatic carbocycles. The molecule has 3 aromatic rings. The van der Waals surface area contributed by atoms with Gasteiger partial charge in [-0.25, -0.2) is 0 Å². The molecular formula is C20H17N3O5. The van der Waals surface area contributed by atoms with Crippen molar-refractivity contribution < 1.29 is 24.2 Å². The number of hydrazone groups is 1. The summed E-state index contributed by atoms with van der Waals surface area (Å²) in [6.45, 7) is -0.524. The maximum atomic E-state index is 12.7. The highest BCUT2D eigenvalue weighted by Crippen LogP contribution is 2.34. The Morgan fingerprint density at radius 2 is 1.82 bits per heavy atom. The van der Waals surface area contributed by atoms with Gasteiger partial charge in [-0.3, -0.25) is 19.9 Å². The number of β-amino-alcohol motifs (C(OH)–C–C–N with tert-alkyl or cyclic N) is 1. The minimum Gasteiger partial charge on any atom is -0.458 e. The van der Waals surface area contributed by atoms with Gasteiger partial charge in [0.15, 0.2) is 0 Å². The summed E-state index contributed by atoms with van der Waals surface area (Å²) in [4.78, 5) is 26.4. The van der Waals surface area contributed by atoms with Crippen molar-refractivity contribution >= 4 is 34.5 Å². The molecule has 1 aliphatic rings. The lowest BCUT2D eigenvalue weighted by Gasteiger charge is -2.27. The Hall–Kier alpha value is -3.49. The third-order valence-corrected chi connectivity index (χ3v) is 4.53. The van der Waals surface area contributed by atoms with E-state index in [1.165, 1.54) is 6.21 Å². The monoisotopic (exact) mass is 379 g/mol. The van der Waals surface area contributed by atoms with Crippen LogP contribution in [0.25, 0.3) is 10.8 Å². The number of anilines is 1. The Kier molecular flexibility index (Phi) is 4.64. The topological polar surface area (TPSA) is 115 Å². The van der Waals surface area contributed by atoms with E-state index in [0.717, 1.165) is 4.90 Å².